The Hall–Kier alpha value is -1.10. The molecule has 1 unspecified atom stereocenters. The maximum atomic E-state index is 11.8. The van der Waals surface area contributed by atoms with Crippen LogP contribution in [0.4, 0.5) is 5.69 Å². The van der Waals surface area contributed by atoms with Crippen LogP contribution in [0, 0.1) is 17.8 Å². The quantitative estimate of drug-likeness (QED) is 0.799. The third kappa shape index (κ3) is 1.30. The average molecular weight is 356 g/mol. The SMILES string of the molecule is CC[C@H]1[C@H]2C[C@H]3[C@@H]4N(C)c5ccccc5[C@@]45C[C@@H]([C@@H]2[C@H]5O)[N+]3(CC)[C@@H]1O. The Balaban J connectivity index is 1.63. The van der Waals surface area contributed by atoms with Crippen LogP contribution in [0.2, 0.25) is 0 Å². The molecular formula is C22H31N2O2+. The van der Waals surface area contributed by atoms with Crippen molar-refractivity contribution in [2.75, 3.05) is 18.5 Å². The highest BCUT2D eigenvalue weighted by Gasteiger charge is 2.82. The molecule has 0 aromatic heterocycles. The number of fused-ring (bicyclic) bond motifs is 2. The summed E-state index contributed by atoms with van der Waals surface area (Å²) >= 11 is 0. The van der Waals surface area contributed by atoms with Gasteiger partial charge in [-0.05, 0) is 30.9 Å². The highest BCUT2D eigenvalue weighted by atomic mass is 16.3. The number of benzene rings is 1. The van der Waals surface area contributed by atoms with Crippen molar-refractivity contribution in [2.45, 2.75) is 69.0 Å². The molecule has 0 amide bonds. The molecule has 1 saturated carbocycles. The summed E-state index contributed by atoms with van der Waals surface area (Å²) in [6.07, 6.45) is 2.71. The number of aliphatic hydroxyl groups excluding tert-OH is 2. The summed E-state index contributed by atoms with van der Waals surface area (Å²) < 4.78 is 0.849. The highest BCUT2D eigenvalue weighted by Crippen LogP contribution is 2.71. The lowest BCUT2D eigenvalue weighted by Gasteiger charge is -2.67. The molecule has 5 aliphatic heterocycles. The fourth-order valence-corrected chi connectivity index (χ4v) is 9.03. The van der Waals surface area contributed by atoms with Gasteiger partial charge in [-0.2, -0.15) is 0 Å². The van der Waals surface area contributed by atoms with Crippen molar-refractivity contribution in [1.29, 1.82) is 0 Å². The smallest absolute Gasteiger partial charge is 0.194 e. The van der Waals surface area contributed by atoms with Gasteiger partial charge in [0.2, 0.25) is 0 Å². The second kappa shape index (κ2) is 4.65. The fraction of sp³-hybridized carbons (Fsp3) is 0.727. The molecule has 2 N–H and O–H groups in total. The third-order valence-corrected chi connectivity index (χ3v) is 9.67. The summed E-state index contributed by atoms with van der Waals surface area (Å²) in [4.78, 5) is 2.46. The van der Waals surface area contributed by atoms with Crippen molar-refractivity contribution in [3.05, 3.63) is 29.8 Å². The second-order valence-electron chi connectivity index (χ2n) is 9.67. The Morgan fingerprint density at radius 3 is 2.69 bits per heavy atom. The van der Waals surface area contributed by atoms with Crippen LogP contribution in [0.25, 0.3) is 0 Å². The molecule has 1 aliphatic carbocycles. The molecular weight excluding hydrogens is 324 g/mol. The monoisotopic (exact) mass is 355 g/mol. The van der Waals surface area contributed by atoms with E-state index in [2.05, 4.69) is 50.1 Å². The van der Waals surface area contributed by atoms with Crippen LogP contribution in [0.5, 0.6) is 0 Å². The standard InChI is InChI=1S/C22H31N2O2/c1-4-12-13-10-16-19-22(14-8-6-7-9-15(14)23(19)3)11-17(18(13)20(22)25)24(16,5-2)21(12)26/h6-9,12-13,16-21,25-26H,4-5,10-11H2,1-3H3/q+1/t12-,13+,16-,17-,18+,19-,20+,21+,22-,24?/m0/s1. The zero-order valence-corrected chi connectivity index (χ0v) is 16.0. The van der Waals surface area contributed by atoms with E-state index in [4.69, 9.17) is 0 Å². The number of hydrogen-bond acceptors (Lipinski definition) is 3. The number of likely N-dealkylation sites (N-methyl/N-ethyl adjacent to an activating group) is 2. The number of hydrogen-bond donors (Lipinski definition) is 2. The Labute approximate surface area is 156 Å². The summed E-state index contributed by atoms with van der Waals surface area (Å²) in [5.74, 6) is 1.18. The number of nitrogens with zero attached hydrogens (tertiary/aromatic N) is 2. The first-order chi connectivity index (χ1) is 12.5. The van der Waals surface area contributed by atoms with E-state index in [1.165, 1.54) is 17.7 Å². The fourth-order valence-electron chi connectivity index (χ4n) is 9.03. The summed E-state index contributed by atoms with van der Waals surface area (Å²) in [7, 11) is 2.22. The predicted molar refractivity (Wildman–Crippen MR) is 101 cm³/mol. The molecule has 0 radical (unpaired) electrons. The maximum absolute atomic E-state index is 11.8. The number of anilines is 1. The Kier molecular flexibility index (Phi) is 2.85. The molecule has 10 atom stereocenters. The minimum absolute atomic E-state index is 0.126. The van der Waals surface area contributed by atoms with Gasteiger partial charge in [0.25, 0.3) is 0 Å². The van der Waals surface area contributed by atoms with Crippen LogP contribution in [-0.4, -0.2) is 58.7 Å². The van der Waals surface area contributed by atoms with E-state index in [0.29, 0.717) is 35.9 Å². The first-order valence-corrected chi connectivity index (χ1v) is 10.6. The van der Waals surface area contributed by atoms with Gasteiger partial charge >= 0.3 is 0 Å². The van der Waals surface area contributed by atoms with E-state index >= 15 is 0 Å². The molecule has 4 nitrogen and oxygen atoms in total. The number of aliphatic hydroxyl groups is 2. The molecule has 6 aliphatic rings. The van der Waals surface area contributed by atoms with Crippen LogP contribution < -0.4 is 4.90 Å². The molecule has 1 aromatic carbocycles. The molecule has 7 rings (SSSR count). The van der Waals surface area contributed by atoms with Gasteiger partial charge in [-0.15, -0.1) is 0 Å². The van der Waals surface area contributed by atoms with Gasteiger partial charge in [-0.25, -0.2) is 0 Å². The van der Waals surface area contributed by atoms with E-state index in [0.717, 1.165) is 23.9 Å². The van der Waals surface area contributed by atoms with E-state index in [-0.39, 0.29) is 17.7 Å². The molecule has 1 aromatic rings. The summed E-state index contributed by atoms with van der Waals surface area (Å²) in [6.45, 7) is 5.48. The lowest BCUT2D eigenvalue weighted by molar-refractivity contribution is -1.04. The number of piperidine rings is 4. The molecule has 140 valence electrons. The molecule has 5 fully saturated rings. The van der Waals surface area contributed by atoms with Gasteiger partial charge in [0.15, 0.2) is 6.23 Å². The normalized spacial score (nSPS) is 55.3. The van der Waals surface area contributed by atoms with Crippen molar-refractivity contribution in [3.63, 3.8) is 0 Å². The Bertz CT molecular complexity index is 783. The lowest BCUT2D eigenvalue weighted by atomic mass is 9.60. The maximum Gasteiger partial charge on any atom is 0.194 e. The minimum Gasteiger partial charge on any atom is -0.392 e. The highest BCUT2D eigenvalue weighted by molar-refractivity contribution is 5.66. The topological polar surface area (TPSA) is 43.7 Å². The van der Waals surface area contributed by atoms with Gasteiger partial charge in [0.05, 0.1) is 30.1 Å². The van der Waals surface area contributed by atoms with Crippen LogP contribution in [0.1, 0.15) is 38.7 Å². The predicted octanol–water partition coefficient (Wildman–Crippen LogP) is 2.09. The van der Waals surface area contributed by atoms with E-state index in [1.807, 2.05) is 0 Å². The molecule has 4 saturated heterocycles. The van der Waals surface area contributed by atoms with Crippen molar-refractivity contribution < 1.29 is 14.7 Å². The van der Waals surface area contributed by atoms with Crippen LogP contribution in [0.15, 0.2) is 24.3 Å². The van der Waals surface area contributed by atoms with Gasteiger partial charge in [-0.3, -0.25) is 4.48 Å². The minimum atomic E-state index is -0.272. The molecule has 5 heterocycles. The Morgan fingerprint density at radius 1 is 1.19 bits per heavy atom. The van der Waals surface area contributed by atoms with Crippen molar-refractivity contribution in [3.8, 4) is 0 Å². The summed E-state index contributed by atoms with van der Waals surface area (Å²) in [5, 5.41) is 23.4. The molecule has 4 heteroatoms. The third-order valence-electron chi connectivity index (χ3n) is 9.67. The number of para-hydroxylation sites is 1. The number of quaternary nitrogens is 1. The van der Waals surface area contributed by atoms with E-state index in [9.17, 15) is 10.2 Å². The van der Waals surface area contributed by atoms with Gasteiger partial charge in [0.1, 0.15) is 6.04 Å². The lowest BCUT2D eigenvalue weighted by Crippen LogP contribution is -2.82. The van der Waals surface area contributed by atoms with Crippen LogP contribution in [-0.2, 0) is 5.41 Å². The number of rotatable bonds is 2. The molecule has 26 heavy (non-hydrogen) atoms. The zero-order valence-electron chi connectivity index (χ0n) is 16.0. The summed E-state index contributed by atoms with van der Waals surface area (Å²) in [5.41, 5.74) is 2.55. The van der Waals surface area contributed by atoms with Crippen LogP contribution in [0.3, 0.4) is 0 Å². The van der Waals surface area contributed by atoms with E-state index < -0.39 is 0 Å². The van der Waals surface area contributed by atoms with Gasteiger partial charge in [0, 0.05) is 37.4 Å². The van der Waals surface area contributed by atoms with E-state index in [1.54, 1.807) is 0 Å². The molecule has 5 bridgehead atoms. The van der Waals surface area contributed by atoms with Crippen LogP contribution >= 0.6 is 0 Å². The van der Waals surface area contributed by atoms with Crippen molar-refractivity contribution in [1.82, 2.24) is 0 Å². The largest absolute Gasteiger partial charge is 0.392 e. The summed E-state index contributed by atoms with van der Waals surface area (Å²) in [6, 6.07) is 9.93. The first-order valence-electron chi connectivity index (χ1n) is 10.6. The van der Waals surface area contributed by atoms with Crippen molar-refractivity contribution in [2.24, 2.45) is 17.8 Å². The molecule has 1 spiro atoms. The Morgan fingerprint density at radius 2 is 1.96 bits per heavy atom. The van der Waals surface area contributed by atoms with Gasteiger partial charge < -0.3 is 15.1 Å². The van der Waals surface area contributed by atoms with Crippen molar-refractivity contribution >= 4 is 5.69 Å². The average Bonchev–Trinajstić information content (AvgIpc) is 3.04. The zero-order chi connectivity index (χ0) is 18.0. The first kappa shape index (κ1) is 15.9. The second-order valence-corrected chi connectivity index (χ2v) is 9.67. The van der Waals surface area contributed by atoms with Gasteiger partial charge in [-0.1, -0.05) is 25.1 Å².